The van der Waals surface area contributed by atoms with Gasteiger partial charge in [0.05, 0.1) is 18.2 Å². The molecule has 0 fully saturated rings. The minimum absolute atomic E-state index is 0.158. The van der Waals surface area contributed by atoms with Gasteiger partial charge in [-0.05, 0) is 40.8 Å². The first kappa shape index (κ1) is 19.9. The molecule has 0 saturated heterocycles. The standard InChI is InChI=1S/C29H23NO3/c31-27-23-13-4-2-9-20(23)16-17-25(27)29(33)24-14-5-6-15-26(24)30(28(29)32)18-21-11-7-10-19-8-1-3-12-22(19)21/h1-15,25,33H,16-18H2/t25-,29+/m1/s1. The molecule has 2 atom stereocenters. The Kier molecular flexibility index (Phi) is 4.46. The van der Waals surface area contributed by atoms with Crippen molar-refractivity contribution in [3.8, 4) is 0 Å². The van der Waals surface area contributed by atoms with E-state index in [2.05, 4.69) is 0 Å². The Hall–Kier alpha value is -3.76. The lowest BCUT2D eigenvalue weighted by Crippen LogP contribution is -2.49. The molecule has 0 spiro atoms. The molecule has 4 aromatic carbocycles. The third-order valence-corrected chi connectivity index (χ3v) is 7.19. The topological polar surface area (TPSA) is 57.6 Å². The fourth-order valence-electron chi connectivity index (χ4n) is 5.55. The van der Waals surface area contributed by atoms with Crippen molar-refractivity contribution < 1.29 is 14.7 Å². The van der Waals surface area contributed by atoms with Crippen LogP contribution in [0.3, 0.4) is 0 Å². The predicted octanol–water partition coefficient (Wildman–Crippen LogP) is 5.02. The second-order valence-corrected chi connectivity index (χ2v) is 8.93. The van der Waals surface area contributed by atoms with Crippen molar-refractivity contribution in [3.05, 3.63) is 113 Å². The highest BCUT2D eigenvalue weighted by atomic mass is 16.3. The first-order chi connectivity index (χ1) is 16.1. The van der Waals surface area contributed by atoms with Gasteiger partial charge in [-0.25, -0.2) is 0 Å². The Morgan fingerprint density at radius 1 is 0.848 bits per heavy atom. The number of aryl methyl sites for hydroxylation is 1. The second kappa shape index (κ2) is 7.39. The summed E-state index contributed by atoms with van der Waals surface area (Å²) in [5.41, 5.74) is 1.92. The number of hydrogen-bond donors (Lipinski definition) is 1. The van der Waals surface area contributed by atoms with Gasteiger partial charge in [0, 0.05) is 11.1 Å². The highest BCUT2D eigenvalue weighted by Crippen LogP contribution is 2.48. The largest absolute Gasteiger partial charge is 0.375 e. The molecule has 1 N–H and O–H groups in total. The van der Waals surface area contributed by atoms with E-state index in [1.807, 2.05) is 78.9 Å². The molecular weight excluding hydrogens is 410 g/mol. The average molecular weight is 434 g/mol. The normalized spacial score (nSPS) is 21.8. The second-order valence-electron chi connectivity index (χ2n) is 8.93. The van der Waals surface area contributed by atoms with E-state index < -0.39 is 17.4 Å². The number of Topliss-reactive ketones (excluding diaryl/α,β-unsaturated/α-hetero) is 1. The van der Waals surface area contributed by atoms with Crippen LogP contribution in [0.4, 0.5) is 5.69 Å². The van der Waals surface area contributed by atoms with Crippen LogP contribution >= 0.6 is 0 Å². The van der Waals surface area contributed by atoms with Crippen molar-refractivity contribution in [2.45, 2.75) is 25.0 Å². The summed E-state index contributed by atoms with van der Waals surface area (Å²) in [7, 11) is 0. The number of anilines is 1. The van der Waals surface area contributed by atoms with Gasteiger partial charge in [0.15, 0.2) is 11.4 Å². The van der Waals surface area contributed by atoms with Crippen LogP contribution in [0.5, 0.6) is 0 Å². The highest BCUT2D eigenvalue weighted by Gasteiger charge is 2.57. The van der Waals surface area contributed by atoms with Gasteiger partial charge in [-0.1, -0.05) is 84.9 Å². The van der Waals surface area contributed by atoms with E-state index >= 15 is 0 Å². The Labute approximate surface area is 192 Å². The monoisotopic (exact) mass is 433 g/mol. The molecule has 6 rings (SSSR count). The summed E-state index contributed by atoms with van der Waals surface area (Å²) in [6.45, 7) is 0.330. The third-order valence-electron chi connectivity index (χ3n) is 7.19. The number of ketones is 1. The maximum Gasteiger partial charge on any atom is 0.264 e. The molecule has 0 aromatic heterocycles. The van der Waals surface area contributed by atoms with Crippen molar-refractivity contribution in [1.29, 1.82) is 0 Å². The molecule has 1 aliphatic heterocycles. The van der Waals surface area contributed by atoms with Gasteiger partial charge in [0.25, 0.3) is 5.91 Å². The number of fused-ring (bicyclic) bond motifs is 3. The van der Waals surface area contributed by atoms with E-state index in [0.29, 0.717) is 36.2 Å². The van der Waals surface area contributed by atoms with Gasteiger partial charge in [0.2, 0.25) is 0 Å². The number of benzene rings is 4. The van der Waals surface area contributed by atoms with Crippen LogP contribution in [0.1, 0.15) is 33.5 Å². The molecule has 4 heteroatoms. The minimum Gasteiger partial charge on any atom is -0.375 e. The fourth-order valence-corrected chi connectivity index (χ4v) is 5.55. The quantitative estimate of drug-likeness (QED) is 0.494. The Bertz CT molecular complexity index is 1420. The van der Waals surface area contributed by atoms with Crippen molar-refractivity contribution in [3.63, 3.8) is 0 Å². The van der Waals surface area contributed by atoms with Crippen LogP contribution in [-0.4, -0.2) is 16.8 Å². The molecule has 162 valence electrons. The maximum absolute atomic E-state index is 13.9. The van der Waals surface area contributed by atoms with Crippen molar-refractivity contribution >= 4 is 28.2 Å². The number of para-hydroxylation sites is 1. The number of carbonyl (C=O) groups is 2. The molecule has 1 amide bonds. The van der Waals surface area contributed by atoms with Crippen LogP contribution in [-0.2, 0) is 23.4 Å². The Morgan fingerprint density at radius 2 is 1.58 bits per heavy atom. The Morgan fingerprint density at radius 3 is 2.48 bits per heavy atom. The molecule has 4 nitrogen and oxygen atoms in total. The first-order valence-corrected chi connectivity index (χ1v) is 11.3. The predicted molar refractivity (Wildman–Crippen MR) is 128 cm³/mol. The number of rotatable bonds is 3. The van der Waals surface area contributed by atoms with E-state index in [1.54, 1.807) is 17.0 Å². The lowest BCUT2D eigenvalue weighted by Gasteiger charge is -2.34. The summed E-state index contributed by atoms with van der Waals surface area (Å²) >= 11 is 0. The molecule has 2 aliphatic rings. The van der Waals surface area contributed by atoms with Crippen LogP contribution < -0.4 is 4.90 Å². The zero-order chi connectivity index (χ0) is 22.6. The van der Waals surface area contributed by atoms with Gasteiger partial charge >= 0.3 is 0 Å². The molecule has 0 radical (unpaired) electrons. The summed E-state index contributed by atoms with van der Waals surface area (Å²) in [6.07, 6.45) is 1.10. The molecule has 1 aliphatic carbocycles. The Balaban J connectivity index is 1.44. The van der Waals surface area contributed by atoms with Crippen LogP contribution in [0, 0.1) is 5.92 Å². The van der Waals surface area contributed by atoms with Gasteiger partial charge < -0.3 is 10.0 Å². The minimum atomic E-state index is -1.87. The summed E-state index contributed by atoms with van der Waals surface area (Å²) in [5, 5.41) is 14.2. The lowest BCUT2D eigenvalue weighted by molar-refractivity contribution is -0.140. The summed E-state index contributed by atoms with van der Waals surface area (Å²) in [4.78, 5) is 29.0. The van der Waals surface area contributed by atoms with E-state index in [1.165, 1.54) is 0 Å². The zero-order valence-electron chi connectivity index (χ0n) is 18.1. The van der Waals surface area contributed by atoms with Gasteiger partial charge in [0.1, 0.15) is 0 Å². The maximum atomic E-state index is 13.9. The molecular formula is C29H23NO3. The number of carbonyl (C=O) groups excluding carboxylic acids is 2. The van der Waals surface area contributed by atoms with Crippen molar-refractivity contribution in [1.82, 2.24) is 0 Å². The fraction of sp³-hybridized carbons (Fsp3) is 0.172. The number of aliphatic hydroxyl groups is 1. The molecule has 0 saturated carbocycles. The van der Waals surface area contributed by atoms with E-state index in [9.17, 15) is 14.7 Å². The summed E-state index contributed by atoms with van der Waals surface area (Å²) in [6, 6.07) is 28.9. The van der Waals surface area contributed by atoms with Crippen LogP contribution in [0.15, 0.2) is 91.0 Å². The van der Waals surface area contributed by atoms with E-state index in [0.717, 1.165) is 21.9 Å². The molecule has 0 bridgehead atoms. The molecule has 33 heavy (non-hydrogen) atoms. The summed E-state index contributed by atoms with van der Waals surface area (Å²) < 4.78 is 0. The van der Waals surface area contributed by atoms with Gasteiger partial charge in [-0.15, -0.1) is 0 Å². The van der Waals surface area contributed by atoms with Gasteiger partial charge in [-0.2, -0.15) is 0 Å². The third kappa shape index (κ3) is 2.87. The number of amides is 1. The van der Waals surface area contributed by atoms with Crippen molar-refractivity contribution in [2.75, 3.05) is 4.90 Å². The van der Waals surface area contributed by atoms with E-state index in [4.69, 9.17) is 0 Å². The SMILES string of the molecule is O=C1c2ccccc2CC[C@H]1[C@]1(O)C(=O)N(Cc2cccc3ccccc23)c2ccccc21. The highest BCUT2D eigenvalue weighted by molar-refractivity contribution is 6.12. The molecule has 1 heterocycles. The van der Waals surface area contributed by atoms with Crippen LogP contribution in [0.25, 0.3) is 10.8 Å². The summed E-state index contributed by atoms with van der Waals surface area (Å²) in [5.74, 6) is -1.39. The number of nitrogens with zero attached hydrogens (tertiary/aromatic N) is 1. The lowest BCUT2D eigenvalue weighted by atomic mass is 9.71. The average Bonchev–Trinajstić information content (AvgIpc) is 3.07. The first-order valence-electron chi connectivity index (χ1n) is 11.3. The van der Waals surface area contributed by atoms with Crippen molar-refractivity contribution in [2.24, 2.45) is 5.92 Å². The zero-order valence-corrected chi connectivity index (χ0v) is 18.1. The van der Waals surface area contributed by atoms with E-state index in [-0.39, 0.29) is 5.78 Å². The van der Waals surface area contributed by atoms with Gasteiger partial charge in [-0.3, -0.25) is 9.59 Å². The smallest absolute Gasteiger partial charge is 0.264 e. The molecule has 0 unspecified atom stereocenters. The molecule has 4 aromatic rings. The van der Waals surface area contributed by atoms with Crippen LogP contribution in [0.2, 0.25) is 0 Å². The number of hydrogen-bond acceptors (Lipinski definition) is 3.